The summed E-state index contributed by atoms with van der Waals surface area (Å²) in [5.74, 6) is 1.09. The van der Waals surface area contributed by atoms with E-state index in [9.17, 15) is 9.59 Å². The topological polar surface area (TPSA) is 55.9 Å². The van der Waals surface area contributed by atoms with Gasteiger partial charge >= 0.3 is 6.03 Å². The van der Waals surface area contributed by atoms with Crippen LogP contribution in [0.15, 0.2) is 24.3 Å². The number of benzene rings is 1. The van der Waals surface area contributed by atoms with Gasteiger partial charge in [-0.3, -0.25) is 4.79 Å². The molecule has 1 unspecified atom stereocenters. The third-order valence-electron chi connectivity index (χ3n) is 7.01. The van der Waals surface area contributed by atoms with Crippen molar-refractivity contribution in [2.75, 3.05) is 37.6 Å². The summed E-state index contributed by atoms with van der Waals surface area (Å²) in [6, 6.07) is 8.77. The molecule has 3 saturated heterocycles. The van der Waals surface area contributed by atoms with Gasteiger partial charge in [-0.25, -0.2) is 4.79 Å². The lowest BCUT2D eigenvalue weighted by Gasteiger charge is -2.41. The minimum absolute atomic E-state index is 0.0155. The lowest BCUT2D eigenvalue weighted by Crippen LogP contribution is -2.54. The molecule has 0 aromatic heterocycles. The summed E-state index contributed by atoms with van der Waals surface area (Å²) in [7, 11) is 0. The highest BCUT2D eigenvalue weighted by atomic mass is 16.2. The zero-order valence-corrected chi connectivity index (χ0v) is 18.3. The van der Waals surface area contributed by atoms with Gasteiger partial charge in [0.1, 0.15) is 0 Å². The van der Waals surface area contributed by atoms with Crippen LogP contribution in [-0.2, 0) is 11.3 Å². The van der Waals surface area contributed by atoms with Gasteiger partial charge in [-0.2, -0.15) is 0 Å². The Labute approximate surface area is 180 Å². The summed E-state index contributed by atoms with van der Waals surface area (Å²) in [6.07, 6.45) is 7.24. The van der Waals surface area contributed by atoms with Crippen LogP contribution >= 0.6 is 0 Å². The van der Waals surface area contributed by atoms with Crippen molar-refractivity contribution in [1.82, 2.24) is 15.1 Å². The molecule has 164 valence electrons. The molecule has 3 heterocycles. The molecule has 4 rings (SSSR count). The summed E-state index contributed by atoms with van der Waals surface area (Å²) >= 11 is 0. The molecule has 1 aromatic carbocycles. The van der Waals surface area contributed by atoms with E-state index in [1.54, 1.807) is 0 Å². The van der Waals surface area contributed by atoms with Crippen molar-refractivity contribution < 1.29 is 9.59 Å². The predicted octanol–water partition coefficient (Wildman–Crippen LogP) is 3.61. The number of hydrogen-bond donors (Lipinski definition) is 1. The maximum Gasteiger partial charge on any atom is 0.317 e. The molecule has 6 nitrogen and oxygen atoms in total. The Hall–Kier alpha value is -2.24. The van der Waals surface area contributed by atoms with Gasteiger partial charge in [0.25, 0.3) is 0 Å². The standard InChI is InChI=1S/C24H36N4O2/c1-19-11-15-26(16-12-19)21-9-7-20(8-10-21)17-25-24(30)27-13-4-5-22(18-27)28-14-3-2-6-23(28)29/h7-10,19,22H,2-6,11-18H2,1H3,(H,25,30). The molecule has 0 spiro atoms. The van der Waals surface area contributed by atoms with E-state index >= 15 is 0 Å². The number of piperidine rings is 3. The van der Waals surface area contributed by atoms with E-state index in [2.05, 4.69) is 41.4 Å². The van der Waals surface area contributed by atoms with Crippen LogP contribution in [0.5, 0.6) is 0 Å². The van der Waals surface area contributed by atoms with Crippen molar-refractivity contribution in [2.45, 2.75) is 64.5 Å². The Morgan fingerprint density at radius 1 is 1.00 bits per heavy atom. The highest BCUT2D eigenvalue weighted by molar-refractivity contribution is 5.78. The smallest absolute Gasteiger partial charge is 0.317 e. The quantitative estimate of drug-likeness (QED) is 0.822. The molecule has 30 heavy (non-hydrogen) atoms. The van der Waals surface area contributed by atoms with Gasteiger partial charge in [0.15, 0.2) is 0 Å². The summed E-state index contributed by atoms with van der Waals surface area (Å²) in [6.45, 7) is 7.42. The van der Waals surface area contributed by atoms with Gasteiger partial charge in [-0.05, 0) is 62.1 Å². The van der Waals surface area contributed by atoms with E-state index in [1.807, 2.05) is 9.80 Å². The number of urea groups is 1. The van der Waals surface area contributed by atoms with Crippen LogP contribution in [0.25, 0.3) is 0 Å². The molecule has 1 aromatic rings. The van der Waals surface area contributed by atoms with Crippen LogP contribution in [0.4, 0.5) is 10.5 Å². The lowest BCUT2D eigenvalue weighted by atomic mass is 9.99. The number of likely N-dealkylation sites (tertiary alicyclic amines) is 2. The number of rotatable bonds is 4. The second-order valence-corrected chi connectivity index (χ2v) is 9.28. The van der Waals surface area contributed by atoms with Crippen molar-refractivity contribution in [3.63, 3.8) is 0 Å². The Morgan fingerprint density at radius 3 is 2.50 bits per heavy atom. The predicted molar refractivity (Wildman–Crippen MR) is 119 cm³/mol. The highest BCUT2D eigenvalue weighted by Crippen LogP contribution is 2.24. The molecule has 1 atom stereocenters. The van der Waals surface area contributed by atoms with E-state index in [0.29, 0.717) is 19.5 Å². The maximum atomic E-state index is 12.7. The molecular weight excluding hydrogens is 376 g/mol. The molecular formula is C24H36N4O2. The van der Waals surface area contributed by atoms with Crippen LogP contribution in [-0.4, -0.2) is 60.5 Å². The second-order valence-electron chi connectivity index (χ2n) is 9.28. The number of nitrogens with one attached hydrogen (secondary N) is 1. The van der Waals surface area contributed by atoms with E-state index in [0.717, 1.165) is 63.3 Å². The van der Waals surface area contributed by atoms with Crippen LogP contribution in [0, 0.1) is 5.92 Å². The fraction of sp³-hybridized carbons (Fsp3) is 0.667. The Balaban J connectivity index is 1.26. The van der Waals surface area contributed by atoms with Gasteiger partial charge in [-0.1, -0.05) is 19.1 Å². The minimum atomic E-state index is -0.0155. The summed E-state index contributed by atoms with van der Waals surface area (Å²) in [5, 5.41) is 3.08. The number of carbonyl (C=O) groups is 2. The van der Waals surface area contributed by atoms with Crippen LogP contribution in [0.3, 0.4) is 0 Å². The van der Waals surface area contributed by atoms with Gasteiger partial charge in [0, 0.05) is 57.4 Å². The maximum absolute atomic E-state index is 12.7. The van der Waals surface area contributed by atoms with Crippen molar-refractivity contribution in [2.24, 2.45) is 5.92 Å². The van der Waals surface area contributed by atoms with Crippen LogP contribution in [0.2, 0.25) is 0 Å². The third kappa shape index (κ3) is 5.08. The number of hydrogen-bond acceptors (Lipinski definition) is 3. The first-order chi connectivity index (χ1) is 14.6. The average Bonchev–Trinajstić information content (AvgIpc) is 2.79. The molecule has 0 aliphatic carbocycles. The normalized spacial score (nSPS) is 23.6. The number of nitrogens with zero attached hydrogens (tertiary/aromatic N) is 3. The summed E-state index contributed by atoms with van der Waals surface area (Å²) in [5.41, 5.74) is 2.40. The Morgan fingerprint density at radius 2 is 1.77 bits per heavy atom. The van der Waals surface area contributed by atoms with E-state index in [1.165, 1.54) is 18.5 Å². The largest absolute Gasteiger partial charge is 0.372 e. The summed E-state index contributed by atoms with van der Waals surface area (Å²) < 4.78 is 0. The SMILES string of the molecule is CC1CCN(c2ccc(CNC(=O)N3CCCC(N4CCCCC4=O)C3)cc2)CC1. The molecule has 3 amide bonds. The Bertz CT molecular complexity index is 727. The number of amides is 3. The summed E-state index contributed by atoms with van der Waals surface area (Å²) in [4.78, 5) is 31.3. The van der Waals surface area contributed by atoms with E-state index in [4.69, 9.17) is 0 Å². The third-order valence-corrected chi connectivity index (χ3v) is 7.01. The average molecular weight is 413 g/mol. The molecule has 3 aliphatic rings. The molecule has 6 heteroatoms. The molecule has 0 bridgehead atoms. The van der Waals surface area contributed by atoms with E-state index < -0.39 is 0 Å². The highest BCUT2D eigenvalue weighted by Gasteiger charge is 2.31. The van der Waals surface area contributed by atoms with Gasteiger partial charge in [-0.15, -0.1) is 0 Å². The first kappa shape index (κ1) is 21.0. The first-order valence-corrected chi connectivity index (χ1v) is 11.8. The molecule has 3 aliphatic heterocycles. The van der Waals surface area contributed by atoms with Gasteiger partial charge < -0.3 is 20.0 Å². The fourth-order valence-electron chi connectivity index (χ4n) is 4.99. The van der Waals surface area contributed by atoms with Gasteiger partial charge in [0.2, 0.25) is 5.91 Å². The van der Waals surface area contributed by atoms with Gasteiger partial charge in [0.05, 0.1) is 0 Å². The van der Waals surface area contributed by atoms with E-state index in [-0.39, 0.29) is 18.0 Å². The molecule has 0 radical (unpaired) electrons. The van der Waals surface area contributed by atoms with Crippen molar-refractivity contribution in [3.8, 4) is 0 Å². The zero-order valence-electron chi connectivity index (χ0n) is 18.3. The van der Waals surface area contributed by atoms with Crippen molar-refractivity contribution >= 4 is 17.6 Å². The molecule has 3 fully saturated rings. The van der Waals surface area contributed by atoms with Crippen molar-refractivity contribution in [1.29, 1.82) is 0 Å². The zero-order chi connectivity index (χ0) is 20.9. The number of carbonyl (C=O) groups excluding carboxylic acids is 2. The molecule has 1 N–H and O–H groups in total. The van der Waals surface area contributed by atoms with Crippen molar-refractivity contribution in [3.05, 3.63) is 29.8 Å². The second kappa shape index (κ2) is 9.71. The minimum Gasteiger partial charge on any atom is -0.372 e. The fourth-order valence-corrected chi connectivity index (χ4v) is 4.99. The monoisotopic (exact) mass is 412 g/mol. The Kier molecular flexibility index (Phi) is 6.80. The van der Waals surface area contributed by atoms with Crippen LogP contribution in [0.1, 0.15) is 57.4 Å². The lowest BCUT2D eigenvalue weighted by molar-refractivity contribution is -0.136. The molecule has 0 saturated carbocycles. The first-order valence-electron chi connectivity index (χ1n) is 11.8. The van der Waals surface area contributed by atoms with Crippen LogP contribution < -0.4 is 10.2 Å². The number of anilines is 1.